The minimum Gasteiger partial charge on any atom is -0.493 e. The predicted octanol–water partition coefficient (Wildman–Crippen LogP) is 3.97. The highest BCUT2D eigenvalue weighted by atomic mass is 32.2. The summed E-state index contributed by atoms with van der Waals surface area (Å²) in [7, 11) is 3.14. The Balaban J connectivity index is 1.95. The number of hydrogen-bond donors (Lipinski definition) is 1. The third-order valence-electron chi connectivity index (χ3n) is 3.86. The van der Waals surface area contributed by atoms with E-state index in [9.17, 15) is 4.79 Å². The van der Waals surface area contributed by atoms with Crippen molar-refractivity contribution in [2.45, 2.75) is 6.92 Å². The van der Waals surface area contributed by atoms with Gasteiger partial charge < -0.3 is 19.2 Å². The number of methoxy groups -OCH3 is 2. The molecule has 1 aromatic heterocycles. The molecule has 3 rings (SSSR count). The molecule has 8 heteroatoms. The van der Waals surface area contributed by atoms with Crippen molar-refractivity contribution >= 4 is 34.5 Å². The lowest BCUT2D eigenvalue weighted by atomic mass is 10.2. The maximum absolute atomic E-state index is 11.8. The molecule has 138 valence electrons. The molecular weight excluding hydrogens is 366 g/mol. The monoisotopic (exact) mass is 383 g/mol. The maximum atomic E-state index is 11.8. The van der Waals surface area contributed by atoms with Gasteiger partial charge in [-0.2, -0.15) is 5.26 Å². The van der Waals surface area contributed by atoms with E-state index in [1.54, 1.807) is 38.5 Å². The molecule has 0 radical (unpaired) electrons. The summed E-state index contributed by atoms with van der Waals surface area (Å²) in [6.45, 7) is 1.88. The summed E-state index contributed by atoms with van der Waals surface area (Å²) in [4.78, 5) is 16.4. The Morgan fingerprint density at radius 3 is 2.74 bits per heavy atom. The summed E-state index contributed by atoms with van der Waals surface area (Å²) < 4.78 is 16.5. The zero-order chi connectivity index (χ0) is 19.4. The van der Waals surface area contributed by atoms with Crippen LogP contribution < -0.4 is 14.8 Å². The van der Waals surface area contributed by atoms with Crippen LogP contribution >= 0.6 is 11.8 Å². The van der Waals surface area contributed by atoms with E-state index in [1.807, 2.05) is 18.4 Å². The second kappa shape index (κ2) is 8.01. The van der Waals surface area contributed by atoms with Crippen LogP contribution in [0.5, 0.6) is 11.5 Å². The molecule has 0 saturated carbocycles. The molecule has 0 aliphatic rings. The summed E-state index contributed by atoms with van der Waals surface area (Å²) in [6, 6.07) is 8.96. The predicted molar refractivity (Wildman–Crippen MR) is 104 cm³/mol. The number of benzene rings is 2. The van der Waals surface area contributed by atoms with Gasteiger partial charge in [-0.3, -0.25) is 4.79 Å². The number of thiocyanates is 1. The number of aryl methyl sites for hydroxylation is 1. The standard InChI is InChI=1S/C19H17N3O4S/c1-11-6-13(21-17(23)9-27-10-20)8-14-18(11)26-19(22-14)12-4-5-15(24-2)16(7-12)25-3/h4-8H,9H2,1-3H3,(H,21,23). The van der Waals surface area contributed by atoms with Gasteiger partial charge in [-0.05, 0) is 54.6 Å². The highest BCUT2D eigenvalue weighted by molar-refractivity contribution is 8.04. The Morgan fingerprint density at radius 2 is 2.04 bits per heavy atom. The third-order valence-corrected chi connectivity index (χ3v) is 4.39. The number of anilines is 1. The molecule has 1 N–H and O–H groups in total. The molecule has 3 aromatic rings. The van der Waals surface area contributed by atoms with Crippen LogP contribution in [0, 0.1) is 17.6 Å². The Bertz CT molecular complexity index is 1040. The lowest BCUT2D eigenvalue weighted by molar-refractivity contribution is -0.113. The first-order valence-corrected chi connectivity index (χ1v) is 8.98. The molecule has 0 spiro atoms. The first-order valence-electron chi connectivity index (χ1n) is 8.00. The fourth-order valence-electron chi connectivity index (χ4n) is 2.66. The second-order valence-electron chi connectivity index (χ2n) is 5.66. The Morgan fingerprint density at radius 1 is 1.26 bits per heavy atom. The topological polar surface area (TPSA) is 97.4 Å². The number of fused-ring (bicyclic) bond motifs is 1. The molecule has 0 aliphatic heterocycles. The molecule has 2 aromatic carbocycles. The van der Waals surface area contributed by atoms with Crippen LogP contribution in [-0.2, 0) is 4.79 Å². The van der Waals surface area contributed by atoms with Gasteiger partial charge in [0.15, 0.2) is 17.1 Å². The second-order valence-corrected chi connectivity index (χ2v) is 6.42. The molecule has 0 fully saturated rings. The van der Waals surface area contributed by atoms with Crippen molar-refractivity contribution < 1.29 is 18.7 Å². The van der Waals surface area contributed by atoms with E-state index in [-0.39, 0.29) is 11.7 Å². The summed E-state index contributed by atoms with van der Waals surface area (Å²) >= 11 is 0.888. The van der Waals surface area contributed by atoms with Gasteiger partial charge >= 0.3 is 0 Å². The number of oxazole rings is 1. The number of thioether (sulfide) groups is 1. The number of rotatable bonds is 6. The minimum absolute atomic E-state index is 0.0727. The average molecular weight is 383 g/mol. The van der Waals surface area contributed by atoms with E-state index < -0.39 is 0 Å². The van der Waals surface area contributed by atoms with E-state index >= 15 is 0 Å². The maximum Gasteiger partial charge on any atom is 0.235 e. The summed E-state index contributed by atoms with van der Waals surface area (Å²) in [5.74, 6) is 1.47. The van der Waals surface area contributed by atoms with Gasteiger partial charge in [-0.25, -0.2) is 4.98 Å². The highest BCUT2D eigenvalue weighted by Gasteiger charge is 2.14. The average Bonchev–Trinajstić information content (AvgIpc) is 3.10. The van der Waals surface area contributed by atoms with Crippen LogP contribution in [0.3, 0.4) is 0 Å². The number of amides is 1. The Kier molecular flexibility index (Phi) is 5.52. The molecule has 7 nitrogen and oxygen atoms in total. The van der Waals surface area contributed by atoms with Crippen LogP contribution in [0.25, 0.3) is 22.6 Å². The van der Waals surface area contributed by atoms with E-state index in [1.165, 1.54) is 0 Å². The van der Waals surface area contributed by atoms with Gasteiger partial charge in [0, 0.05) is 11.3 Å². The van der Waals surface area contributed by atoms with Gasteiger partial charge in [0.1, 0.15) is 10.9 Å². The number of carbonyl (C=O) groups is 1. The summed E-state index contributed by atoms with van der Waals surface area (Å²) in [6.07, 6.45) is 0. The van der Waals surface area contributed by atoms with Crippen molar-refractivity contribution in [2.24, 2.45) is 0 Å². The van der Waals surface area contributed by atoms with Crippen molar-refractivity contribution in [3.8, 4) is 28.4 Å². The van der Waals surface area contributed by atoms with Crippen LogP contribution in [0.1, 0.15) is 5.56 Å². The molecule has 0 bridgehead atoms. The summed E-state index contributed by atoms with van der Waals surface area (Å²) in [5, 5.41) is 13.2. The molecule has 1 amide bonds. The normalized spacial score (nSPS) is 10.4. The lowest BCUT2D eigenvalue weighted by Crippen LogP contribution is -2.13. The molecular formula is C19H17N3O4S. The number of nitrogens with zero attached hydrogens (tertiary/aromatic N) is 2. The quantitative estimate of drug-likeness (QED) is 0.643. The van der Waals surface area contributed by atoms with Crippen LogP contribution in [-0.4, -0.2) is 30.9 Å². The Hall–Kier alpha value is -3.18. The van der Waals surface area contributed by atoms with E-state index in [0.717, 1.165) is 22.9 Å². The molecule has 1 heterocycles. The number of ether oxygens (including phenoxy) is 2. The number of nitrogens with one attached hydrogen (secondary N) is 1. The van der Waals surface area contributed by atoms with E-state index in [0.29, 0.717) is 34.2 Å². The number of carbonyl (C=O) groups excluding carboxylic acids is 1. The lowest BCUT2D eigenvalue weighted by Gasteiger charge is -2.07. The summed E-state index contributed by atoms with van der Waals surface area (Å²) in [5.41, 5.74) is 3.47. The van der Waals surface area contributed by atoms with Crippen molar-refractivity contribution in [3.05, 3.63) is 35.9 Å². The van der Waals surface area contributed by atoms with Crippen LogP contribution in [0.15, 0.2) is 34.7 Å². The molecule has 27 heavy (non-hydrogen) atoms. The number of aromatic nitrogens is 1. The van der Waals surface area contributed by atoms with Crippen molar-refractivity contribution in [1.82, 2.24) is 4.98 Å². The van der Waals surface area contributed by atoms with Gasteiger partial charge in [-0.15, -0.1) is 0 Å². The first-order chi connectivity index (χ1) is 13.0. The third kappa shape index (κ3) is 3.99. The molecule has 0 atom stereocenters. The molecule has 0 saturated heterocycles. The minimum atomic E-state index is -0.246. The van der Waals surface area contributed by atoms with E-state index in [4.69, 9.17) is 19.2 Å². The Labute approximate surface area is 160 Å². The van der Waals surface area contributed by atoms with E-state index in [2.05, 4.69) is 10.3 Å². The first kappa shape index (κ1) is 18.6. The zero-order valence-corrected chi connectivity index (χ0v) is 15.8. The SMILES string of the molecule is COc1ccc(-c2nc3cc(NC(=O)CSC#N)cc(C)c3o2)cc1OC. The van der Waals surface area contributed by atoms with Crippen LogP contribution in [0.4, 0.5) is 5.69 Å². The van der Waals surface area contributed by atoms with Gasteiger partial charge in [0.2, 0.25) is 11.8 Å². The smallest absolute Gasteiger partial charge is 0.235 e. The van der Waals surface area contributed by atoms with Gasteiger partial charge in [0.25, 0.3) is 0 Å². The largest absolute Gasteiger partial charge is 0.493 e. The van der Waals surface area contributed by atoms with Gasteiger partial charge in [0.05, 0.1) is 20.0 Å². The molecule has 0 aliphatic carbocycles. The number of nitriles is 1. The van der Waals surface area contributed by atoms with Crippen molar-refractivity contribution in [3.63, 3.8) is 0 Å². The zero-order valence-electron chi connectivity index (χ0n) is 15.0. The molecule has 0 unspecified atom stereocenters. The van der Waals surface area contributed by atoms with Crippen LogP contribution in [0.2, 0.25) is 0 Å². The van der Waals surface area contributed by atoms with Gasteiger partial charge in [-0.1, -0.05) is 0 Å². The fraction of sp³-hybridized carbons (Fsp3) is 0.211. The highest BCUT2D eigenvalue weighted by Crippen LogP contribution is 2.34. The number of hydrogen-bond acceptors (Lipinski definition) is 7. The van der Waals surface area contributed by atoms with Crippen molar-refractivity contribution in [2.75, 3.05) is 25.3 Å². The van der Waals surface area contributed by atoms with Crippen molar-refractivity contribution in [1.29, 1.82) is 5.26 Å². The fourth-order valence-corrected chi connectivity index (χ4v) is 2.93.